The Kier molecular flexibility index (Phi) is 10.9. The number of rotatable bonds is 1. The van der Waals surface area contributed by atoms with Crippen molar-refractivity contribution in [2.24, 2.45) is 0 Å². The van der Waals surface area contributed by atoms with Crippen LogP contribution in [0.4, 0.5) is 0 Å². The molecular formula is C10H12AlO4Ti. The van der Waals surface area contributed by atoms with Crippen molar-refractivity contribution < 1.29 is 30.8 Å². The molecule has 0 bridgehead atoms. The Morgan fingerprint density at radius 2 is 1.75 bits per heavy atom. The summed E-state index contributed by atoms with van der Waals surface area (Å²) in [5, 5.41) is 9.07. The van der Waals surface area contributed by atoms with Crippen LogP contribution < -0.4 is 5.43 Å². The second-order valence-corrected chi connectivity index (χ2v) is 3.42. The first kappa shape index (κ1) is 17.9. The maximum atomic E-state index is 11.1. The topological polar surface area (TPSA) is 71.4 Å². The monoisotopic (exact) mass is 271 g/mol. The van der Waals surface area contributed by atoms with E-state index in [4.69, 9.17) is 11.8 Å². The van der Waals surface area contributed by atoms with Crippen molar-refractivity contribution in [3.05, 3.63) is 40.1 Å². The van der Waals surface area contributed by atoms with E-state index in [1.54, 1.807) is 6.07 Å². The first-order valence-corrected chi connectivity index (χ1v) is 5.63. The molecule has 0 unspecified atom stereocenters. The summed E-state index contributed by atoms with van der Waals surface area (Å²) < 4.78 is 17.0. The van der Waals surface area contributed by atoms with Crippen LogP contribution in [0.3, 0.4) is 0 Å². The van der Waals surface area contributed by atoms with Gasteiger partial charge in [0.05, 0.1) is 0 Å². The second kappa shape index (κ2) is 9.74. The van der Waals surface area contributed by atoms with E-state index in [9.17, 15) is 4.79 Å². The maximum absolute atomic E-state index is 11.1. The van der Waals surface area contributed by atoms with Gasteiger partial charge in [0, 0.05) is 17.4 Å². The molecule has 0 aliphatic rings. The Hall–Kier alpha value is -0.463. The van der Waals surface area contributed by atoms with Crippen molar-refractivity contribution in [3.63, 3.8) is 0 Å². The van der Waals surface area contributed by atoms with E-state index in [2.05, 4.69) is 0 Å². The summed E-state index contributed by atoms with van der Waals surface area (Å²) in [5.74, 6) is 0.117. The summed E-state index contributed by atoms with van der Waals surface area (Å²) in [5.41, 5.74) is 0.629. The van der Waals surface area contributed by atoms with Gasteiger partial charge in [0.15, 0.2) is 5.75 Å². The van der Waals surface area contributed by atoms with Gasteiger partial charge in [-0.15, -0.1) is 0 Å². The molecule has 6 heteroatoms. The molecule has 0 aliphatic carbocycles. The zero-order chi connectivity index (χ0) is 11.8. The molecule has 1 N–H and O–H groups in total. The van der Waals surface area contributed by atoms with Gasteiger partial charge in [0.25, 0.3) is 0 Å². The minimum atomic E-state index is -2.00. The molecule has 0 aliphatic heterocycles. The summed E-state index contributed by atoms with van der Waals surface area (Å²) in [6, 6.07) is 6.41. The van der Waals surface area contributed by atoms with Gasteiger partial charge in [-0.1, -0.05) is 26.0 Å². The van der Waals surface area contributed by atoms with Crippen LogP contribution >= 0.6 is 0 Å². The van der Waals surface area contributed by atoms with Crippen molar-refractivity contribution >= 4 is 17.4 Å². The summed E-state index contributed by atoms with van der Waals surface area (Å²) in [7, 11) is 0. The summed E-state index contributed by atoms with van der Waals surface area (Å²) in [4.78, 5) is 11.1. The van der Waals surface area contributed by atoms with Crippen molar-refractivity contribution in [2.75, 3.05) is 0 Å². The van der Waals surface area contributed by atoms with E-state index in [-0.39, 0.29) is 28.5 Å². The van der Waals surface area contributed by atoms with Gasteiger partial charge in [0.2, 0.25) is 5.43 Å². The summed E-state index contributed by atoms with van der Waals surface area (Å²) >= 11 is -2.00. The molecule has 0 heterocycles. The fourth-order valence-corrected chi connectivity index (χ4v) is 0.965. The number of hydrogen-bond acceptors (Lipinski definition) is 4. The van der Waals surface area contributed by atoms with Crippen LogP contribution in [0.2, 0.25) is 0 Å². The first-order valence-electron chi connectivity index (χ1n) is 4.35. The van der Waals surface area contributed by atoms with E-state index in [0.29, 0.717) is 5.92 Å². The molecule has 4 nitrogen and oxygen atoms in total. The van der Waals surface area contributed by atoms with Crippen molar-refractivity contribution in [2.45, 2.75) is 19.8 Å². The van der Waals surface area contributed by atoms with E-state index < -0.39 is 19.1 Å². The molecule has 3 radical (unpaired) electrons. The second-order valence-electron chi connectivity index (χ2n) is 3.16. The zero-order valence-corrected chi connectivity index (χ0v) is 11.9. The molecule has 1 aromatic rings. The Labute approximate surface area is 113 Å². The van der Waals surface area contributed by atoms with Gasteiger partial charge in [-0.05, 0) is 23.6 Å². The Bertz CT molecular complexity index is 414. The van der Waals surface area contributed by atoms with Crippen molar-refractivity contribution in [1.82, 2.24) is 0 Å². The van der Waals surface area contributed by atoms with Crippen LogP contribution in [0.25, 0.3) is 0 Å². The van der Waals surface area contributed by atoms with Crippen LogP contribution in [-0.2, 0) is 25.7 Å². The standard InChI is InChI=1S/C10H12O2.Al.2O.Ti/c1-7(2)8-4-3-5-9(11)10(12)6-8;;;;/h3-7H,1-2H3,(H,11,12);;;;. The fraction of sp³-hybridized carbons (Fsp3) is 0.300. The minimum absolute atomic E-state index is 0. The molecule has 1 aromatic carbocycles. The molecule has 0 amide bonds. The first-order chi connectivity index (χ1) is 7.02. The van der Waals surface area contributed by atoms with Gasteiger partial charge < -0.3 is 5.11 Å². The van der Waals surface area contributed by atoms with Crippen LogP contribution in [-0.4, -0.2) is 22.5 Å². The molecule has 0 saturated carbocycles. The molecule has 0 aromatic heterocycles. The molecule has 1 rings (SSSR count). The van der Waals surface area contributed by atoms with Gasteiger partial charge in [-0.3, -0.25) is 4.79 Å². The summed E-state index contributed by atoms with van der Waals surface area (Å²) in [6.07, 6.45) is 0. The van der Waals surface area contributed by atoms with Gasteiger partial charge in [0.1, 0.15) is 0 Å². The normalized spacial score (nSPS) is 8.19. The molecule has 16 heavy (non-hydrogen) atoms. The third-order valence-electron chi connectivity index (χ3n) is 1.76. The van der Waals surface area contributed by atoms with Gasteiger partial charge in [-0.25, -0.2) is 0 Å². The van der Waals surface area contributed by atoms with E-state index in [0.717, 1.165) is 5.56 Å². The zero-order valence-electron chi connectivity index (χ0n) is 9.14. The quantitative estimate of drug-likeness (QED) is 0.780. The predicted octanol–water partition coefficient (Wildman–Crippen LogP) is 1.25. The van der Waals surface area contributed by atoms with Gasteiger partial charge in [-0.2, -0.15) is 0 Å². The van der Waals surface area contributed by atoms with Crippen molar-refractivity contribution in [1.29, 1.82) is 0 Å². The van der Waals surface area contributed by atoms with Crippen LogP contribution in [0, 0.1) is 0 Å². The third-order valence-corrected chi connectivity index (χ3v) is 1.76. The van der Waals surface area contributed by atoms with Crippen molar-refractivity contribution in [3.8, 4) is 5.75 Å². The number of aromatic hydroxyl groups is 1. The SMILES string of the molecule is CC(C)c1cccc(O)c(=O)c1.[Al].[O]=[Ti]=[O]. The Balaban J connectivity index is 0. The van der Waals surface area contributed by atoms with Crippen LogP contribution in [0.1, 0.15) is 25.3 Å². The average molecular weight is 271 g/mol. The fourth-order valence-electron chi connectivity index (χ4n) is 0.965. The van der Waals surface area contributed by atoms with E-state index >= 15 is 0 Å². The van der Waals surface area contributed by atoms with Gasteiger partial charge >= 0.3 is 25.7 Å². The van der Waals surface area contributed by atoms with E-state index in [1.165, 1.54) is 12.1 Å². The molecule has 0 fully saturated rings. The Morgan fingerprint density at radius 3 is 2.19 bits per heavy atom. The van der Waals surface area contributed by atoms with Crippen LogP contribution in [0.5, 0.6) is 5.75 Å². The third kappa shape index (κ3) is 6.92. The molecule has 0 spiro atoms. The summed E-state index contributed by atoms with van der Waals surface area (Å²) in [6.45, 7) is 4.01. The molecular weight excluding hydrogens is 259 g/mol. The molecule has 83 valence electrons. The predicted molar refractivity (Wildman–Crippen MR) is 55.6 cm³/mol. The van der Waals surface area contributed by atoms with E-state index in [1.807, 2.05) is 19.9 Å². The number of hydrogen-bond donors (Lipinski definition) is 1. The molecule has 0 atom stereocenters. The Morgan fingerprint density at radius 1 is 1.25 bits per heavy atom. The average Bonchev–Trinajstić information content (AvgIpc) is 2.31. The van der Waals surface area contributed by atoms with Crippen LogP contribution in [0.15, 0.2) is 29.1 Å². The molecule has 0 saturated heterocycles.